The van der Waals surface area contributed by atoms with E-state index < -0.39 is 0 Å². The van der Waals surface area contributed by atoms with Crippen molar-refractivity contribution in [3.05, 3.63) is 58.5 Å². The zero-order chi connectivity index (χ0) is 19.7. The number of anilines is 1. The van der Waals surface area contributed by atoms with Gasteiger partial charge in [-0.2, -0.15) is 5.10 Å². The van der Waals surface area contributed by atoms with Crippen molar-refractivity contribution in [2.24, 2.45) is 5.92 Å². The molecule has 28 heavy (non-hydrogen) atoms. The van der Waals surface area contributed by atoms with Crippen LogP contribution in [0.25, 0.3) is 16.2 Å². The summed E-state index contributed by atoms with van der Waals surface area (Å²) in [6, 6.07) is 9.32. The number of amides is 1. The van der Waals surface area contributed by atoms with Crippen LogP contribution in [0.2, 0.25) is 0 Å². The number of nitrogens with zero attached hydrogens (tertiary/aromatic N) is 3. The van der Waals surface area contributed by atoms with Crippen molar-refractivity contribution in [3.8, 4) is 10.6 Å². The molecule has 0 saturated carbocycles. The van der Waals surface area contributed by atoms with Gasteiger partial charge in [0.2, 0.25) is 11.7 Å². The molecule has 1 amide bonds. The molecule has 0 aliphatic carbocycles. The van der Waals surface area contributed by atoms with E-state index in [1.165, 1.54) is 22.7 Å². The second-order valence-electron chi connectivity index (χ2n) is 6.74. The lowest BCUT2D eigenvalue weighted by Gasteiger charge is -2.05. The molecular formula is C20H18N4O2S2. The normalized spacial score (nSPS) is 11.2. The van der Waals surface area contributed by atoms with Gasteiger partial charge in [0.25, 0.3) is 0 Å². The topological polar surface area (TPSA) is 76.4 Å². The van der Waals surface area contributed by atoms with Gasteiger partial charge in [0, 0.05) is 12.6 Å². The van der Waals surface area contributed by atoms with Crippen molar-refractivity contribution in [1.82, 2.24) is 14.6 Å². The number of ketones is 1. The van der Waals surface area contributed by atoms with Crippen LogP contribution >= 0.6 is 22.7 Å². The summed E-state index contributed by atoms with van der Waals surface area (Å²) in [7, 11) is 0. The number of carbonyl (C=O) groups is 2. The molecule has 1 N–H and O–H groups in total. The number of aromatic nitrogens is 3. The van der Waals surface area contributed by atoms with Gasteiger partial charge >= 0.3 is 0 Å². The van der Waals surface area contributed by atoms with E-state index in [-0.39, 0.29) is 11.7 Å². The molecule has 4 heterocycles. The number of hydrogen-bond donors (Lipinski definition) is 1. The minimum absolute atomic E-state index is 0.00574. The van der Waals surface area contributed by atoms with Crippen molar-refractivity contribution in [3.63, 3.8) is 0 Å². The van der Waals surface area contributed by atoms with Gasteiger partial charge < -0.3 is 5.32 Å². The molecule has 0 fully saturated rings. The molecule has 0 radical (unpaired) electrons. The van der Waals surface area contributed by atoms with Crippen molar-refractivity contribution in [2.75, 3.05) is 5.32 Å². The van der Waals surface area contributed by atoms with E-state index in [2.05, 4.69) is 15.4 Å². The first kappa shape index (κ1) is 18.5. The predicted molar refractivity (Wildman–Crippen MR) is 112 cm³/mol. The van der Waals surface area contributed by atoms with Crippen molar-refractivity contribution in [1.29, 1.82) is 0 Å². The summed E-state index contributed by atoms with van der Waals surface area (Å²) in [5.41, 5.74) is 1.82. The Labute approximate surface area is 169 Å². The SMILES string of the molecule is CC(C)CC(=O)Nc1ccc(-c2ccnc3c(C(=O)c4cccs4)cnn23)s1. The summed E-state index contributed by atoms with van der Waals surface area (Å²) in [5, 5.41) is 9.99. The number of nitrogens with one attached hydrogen (secondary N) is 1. The Morgan fingerprint density at radius 2 is 2.07 bits per heavy atom. The third-order valence-electron chi connectivity index (χ3n) is 4.11. The number of fused-ring (bicyclic) bond motifs is 1. The Kier molecular flexibility index (Phi) is 5.06. The molecule has 8 heteroatoms. The fraction of sp³-hybridized carbons (Fsp3) is 0.200. The first-order chi connectivity index (χ1) is 13.5. The Balaban J connectivity index is 1.65. The quantitative estimate of drug-likeness (QED) is 0.466. The van der Waals surface area contributed by atoms with E-state index in [4.69, 9.17) is 0 Å². The van der Waals surface area contributed by atoms with Gasteiger partial charge in [0.15, 0.2) is 5.65 Å². The molecule has 0 aliphatic heterocycles. The van der Waals surface area contributed by atoms with Crippen LogP contribution in [-0.4, -0.2) is 26.3 Å². The van der Waals surface area contributed by atoms with E-state index in [0.29, 0.717) is 28.4 Å². The molecule has 0 unspecified atom stereocenters. The lowest BCUT2D eigenvalue weighted by atomic mass is 10.1. The fourth-order valence-electron chi connectivity index (χ4n) is 2.88. The van der Waals surface area contributed by atoms with Gasteiger partial charge in [-0.15, -0.1) is 22.7 Å². The summed E-state index contributed by atoms with van der Waals surface area (Å²) in [4.78, 5) is 30.7. The van der Waals surface area contributed by atoms with Crippen LogP contribution in [0.1, 0.15) is 35.5 Å². The van der Waals surface area contributed by atoms with Crippen LogP contribution < -0.4 is 5.32 Å². The van der Waals surface area contributed by atoms with Gasteiger partial charge in [-0.25, -0.2) is 9.50 Å². The molecule has 0 bridgehead atoms. The maximum absolute atomic E-state index is 12.7. The Morgan fingerprint density at radius 3 is 2.82 bits per heavy atom. The largest absolute Gasteiger partial charge is 0.318 e. The molecule has 0 spiro atoms. The molecular weight excluding hydrogens is 392 g/mol. The van der Waals surface area contributed by atoms with Crippen molar-refractivity contribution < 1.29 is 9.59 Å². The van der Waals surface area contributed by atoms with E-state index >= 15 is 0 Å². The summed E-state index contributed by atoms with van der Waals surface area (Å²) in [5.74, 6) is 0.233. The molecule has 4 rings (SSSR count). The molecule has 142 valence electrons. The Morgan fingerprint density at radius 1 is 1.21 bits per heavy atom. The second kappa shape index (κ2) is 7.65. The molecule has 4 aromatic rings. The molecule has 6 nitrogen and oxygen atoms in total. The molecule has 0 aliphatic rings. The summed E-state index contributed by atoms with van der Waals surface area (Å²) >= 11 is 2.87. The lowest BCUT2D eigenvalue weighted by molar-refractivity contribution is -0.116. The van der Waals surface area contributed by atoms with Crippen LogP contribution in [0.15, 0.2) is 48.1 Å². The van der Waals surface area contributed by atoms with E-state index in [0.717, 1.165) is 15.6 Å². The highest BCUT2D eigenvalue weighted by Gasteiger charge is 2.19. The first-order valence-corrected chi connectivity index (χ1v) is 10.5. The van der Waals surface area contributed by atoms with Crippen LogP contribution in [-0.2, 0) is 4.79 Å². The van der Waals surface area contributed by atoms with Crippen LogP contribution in [0.4, 0.5) is 5.00 Å². The Bertz CT molecular complexity index is 1140. The summed E-state index contributed by atoms with van der Waals surface area (Å²) in [6.45, 7) is 4.03. The number of thiophene rings is 2. The van der Waals surface area contributed by atoms with Gasteiger partial charge in [-0.1, -0.05) is 19.9 Å². The molecule has 4 aromatic heterocycles. The zero-order valence-electron chi connectivity index (χ0n) is 15.4. The van der Waals surface area contributed by atoms with Crippen molar-refractivity contribution >= 4 is 45.0 Å². The summed E-state index contributed by atoms with van der Waals surface area (Å²) < 4.78 is 1.67. The average Bonchev–Trinajstić information content (AvgIpc) is 3.40. The fourth-order valence-corrected chi connectivity index (χ4v) is 4.49. The zero-order valence-corrected chi connectivity index (χ0v) is 17.0. The highest BCUT2D eigenvalue weighted by atomic mass is 32.1. The van der Waals surface area contributed by atoms with Gasteiger partial charge in [0.05, 0.1) is 32.2 Å². The minimum atomic E-state index is -0.0810. The third-order valence-corrected chi connectivity index (χ3v) is 6.00. The van der Waals surface area contributed by atoms with Crippen LogP contribution in [0.3, 0.4) is 0 Å². The van der Waals surface area contributed by atoms with Gasteiger partial charge in [0.1, 0.15) is 0 Å². The molecule has 0 aromatic carbocycles. The average molecular weight is 411 g/mol. The highest BCUT2D eigenvalue weighted by Crippen LogP contribution is 2.32. The summed E-state index contributed by atoms with van der Waals surface area (Å²) in [6.07, 6.45) is 3.72. The standard InChI is InChI=1S/C20H18N4O2S2/c1-12(2)10-17(25)23-18-6-5-15(28-18)14-7-8-21-20-13(11-22-24(14)20)19(26)16-4-3-9-27-16/h3-9,11-12H,10H2,1-2H3,(H,23,25). The van der Waals surface area contributed by atoms with Crippen LogP contribution in [0.5, 0.6) is 0 Å². The van der Waals surface area contributed by atoms with Gasteiger partial charge in [-0.3, -0.25) is 9.59 Å². The first-order valence-electron chi connectivity index (χ1n) is 8.84. The number of rotatable bonds is 6. The second-order valence-corrected chi connectivity index (χ2v) is 8.77. The smallest absolute Gasteiger partial charge is 0.225 e. The minimum Gasteiger partial charge on any atom is -0.318 e. The number of hydrogen-bond acceptors (Lipinski definition) is 6. The third kappa shape index (κ3) is 3.61. The van der Waals surface area contributed by atoms with Gasteiger partial charge in [-0.05, 0) is 35.6 Å². The van der Waals surface area contributed by atoms with E-state index in [1.807, 2.05) is 43.5 Å². The maximum atomic E-state index is 12.7. The van der Waals surface area contributed by atoms with Crippen molar-refractivity contribution in [2.45, 2.75) is 20.3 Å². The maximum Gasteiger partial charge on any atom is 0.225 e. The molecule has 0 atom stereocenters. The highest BCUT2D eigenvalue weighted by molar-refractivity contribution is 7.19. The monoisotopic (exact) mass is 410 g/mol. The predicted octanol–water partition coefficient (Wildman–Crippen LogP) is 4.73. The number of carbonyl (C=O) groups excluding carboxylic acids is 2. The lowest BCUT2D eigenvalue weighted by Crippen LogP contribution is -2.12. The van der Waals surface area contributed by atoms with E-state index in [9.17, 15) is 9.59 Å². The Hall–Kier alpha value is -2.84. The van der Waals surface area contributed by atoms with Crippen LogP contribution in [0, 0.1) is 5.92 Å². The van der Waals surface area contributed by atoms with E-state index in [1.54, 1.807) is 23.0 Å². The molecule has 0 saturated heterocycles.